The Hall–Kier alpha value is -1.40. The third kappa shape index (κ3) is 3.02. The van der Waals surface area contributed by atoms with Crippen molar-refractivity contribution >= 4 is 15.9 Å². The van der Waals surface area contributed by atoms with E-state index < -0.39 is 6.10 Å². The van der Waals surface area contributed by atoms with E-state index in [0.29, 0.717) is 12.3 Å². The van der Waals surface area contributed by atoms with Crippen LogP contribution in [0, 0.1) is 6.92 Å². The minimum atomic E-state index is -0.619. The maximum atomic E-state index is 10.3. The summed E-state index contributed by atoms with van der Waals surface area (Å²) in [6, 6.07) is 3.57. The molecular weight excluding hydrogens is 322 g/mol. The van der Waals surface area contributed by atoms with Gasteiger partial charge in [0.25, 0.3) is 0 Å². The second-order valence-electron chi connectivity index (χ2n) is 4.52. The van der Waals surface area contributed by atoms with E-state index in [1.807, 2.05) is 24.6 Å². The number of aryl methyl sites for hydroxylation is 2. The maximum Gasteiger partial charge on any atom is 0.212 e. The second kappa shape index (κ2) is 6.37. The number of ether oxygens (including phenoxy) is 1. The molecule has 0 fully saturated rings. The Bertz CT molecular complexity index is 581. The summed E-state index contributed by atoms with van der Waals surface area (Å²) >= 11 is 3.54. The first-order valence-corrected chi connectivity index (χ1v) is 7.25. The molecule has 2 heterocycles. The van der Waals surface area contributed by atoms with Crippen LogP contribution in [-0.2, 0) is 13.0 Å². The van der Waals surface area contributed by atoms with E-state index in [9.17, 15) is 5.11 Å². The molecular formula is C14H18BrN3O2. The first-order valence-electron chi connectivity index (χ1n) is 6.46. The number of rotatable bonds is 5. The van der Waals surface area contributed by atoms with Crippen LogP contribution in [0.1, 0.15) is 30.0 Å². The number of aliphatic hydroxyl groups excluding tert-OH is 1. The molecule has 0 amide bonds. The molecule has 0 aliphatic carbocycles. The fourth-order valence-corrected chi connectivity index (χ4v) is 2.52. The summed E-state index contributed by atoms with van der Waals surface area (Å²) < 4.78 is 7.87. The van der Waals surface area contributed by atoms with Crippen molar-refractivity contribution in [2.75, 3.05) is 7.11 Å². The van der Waals surface area contributed by atoms with Crippen LogP contribution in [0.5, 0.6) is 5.88 Å². The van der Waals surface area contributed by atoms with Crippen molar-refractivity contribution in [1.82, 2.24) is 14.8 Å². The lowest BCUT2D eigenvalue weighted by Gasteiger charge is -2.12. The Morgan fingerprint density at radius 2 is 2.20 bits per heavy atom. The second-order valence-corrected chi connectivity index (χ2v) is 5.31. The zero-order valence-corrected chi connectivity index (χ0v) is 13.4. The standard InChI is InChI=1S/C14H18BrN3O2/c1-4-18-11(14(15)9(2)17-18)7-12(19)10-5-6-13(20-3)16-8-10/h5-6,8,12,19H,4,7H2,1-3H3. The van der Waals surface area contributed by atoms with Crippen molar-refractivity contribution in [3.05, 3.63) is 39.8 Å². The number of hydrogen-bond donors (Lipinski definition) is 1. The molecule has 1 unspecified atom stereocenters. The fraction of sp³-hybridized carbons (Fsp3) is 0.429. The van der Waals surface area contributed by atoms with Crippen molar-refractivity contribution < 1.29 is 9.84 Å². The lowest BCUT2D eigenvalue weighted by molar-refractivity contribution is 0.174. The first-order chi connectivity index (χ1) is 9.56. The Morgan fingerprint density at radius 1 is 1.45 bits per heavy atom. The monoisotopic (exact) mass is 339 g/mol. The van der Waals surface area contributed by atoms with Crippen LogP contribution in [0.3, 0.4) is 0 Å². The molecule has 1 N–H and O–H groups in total. The average molecular weight is 340 g/mol. The maximum absolute atomic E-state index is 10.3. The lowest BCUT2D eigenvalue weighted by Crippen LogP contribution is -2.09. The van der Waals surface area contributed by atoms with Gasteiger partial charge in [-0.2, -0.15) is 5.10 Å². The Kier molecular flexibility index (Phi) is 4.77. The molecule has 2 rings (SSSR count). The van der Waals surface area contributed by atoms with Gasteiger partial charge in [0.1, 0.15) is 0 Å². The molecule has 2 aromatic rings. The predicted molar refractivity (Wildman–Crippen MR) is 79.8 cm³/mol. The molecule has 0 saturated heterocycles. The fourth-order valence-electron chi connectivity index (χ4n) is 2.07. The van der Waals surface area contributed by atoms with Gasteiger partial charge in [0.15, 0.2) is 0 Å². The first kappa shape index (κ1) is 15.0. The Balaban J connectivity index is 2.20. The van der Waals surface area contributed by atoms with Crippen LogP contribution in [0.25, 0.3) is 0 Å². The molecule has 0 aromatic carbocycles. The number of aromatic nitrogens is 3. The van der Waals surface area contributed by atoms with Gasteiger partial charge in [-0.25, -0.2) is 4.98 Å². The van der Waals surface area contributed by atoms with Gasteiger partial charge in [-0.05, 0) is 41.4 Å². The van der Waals surface area contributed by atoms with Crippen LogP contribution >= 0.6 is 15.9 Å². The van der Waals surface area contributed by atoms with Crippen LogP contribution < -0.4 is 4.74 Å². The Labute approximate surface area is 126 Å². The minimum absolute atomic E-state index is 0.489. The number of hydrogen-bond acceptors (Lipinski definition) is 4. The lowest BCUT2D eigenvalue weighted by atomic mass is 10.1. The highest BCUT2D eigenvalue weighted by Gasteiger charge is 2.17. The summed E-state index contributed by atoms with van der Waals surface area (Å²) in [5, 5.41) is 14.8. The summed E-state index contributed by atoms with van der Waals surface area (Å²) in [4.78, 5) is 4.11. The largest absolute Gasteiger partial charge is 0.481 e. The number of pyridine rings is 1. The number of methoxy groups -OCH3 is 1. The Morgan fingerprint density at radius 3 is 2.75 bits per heavy atom. The van der Waals surface area contributed by atoms with Crippen LogP contribution in [0.15, 0.2) is 22.8 Å². The average Bonchev–Trinajstić information content (AvgIpc) is 2.75. The molecule has 0 aliphatic rings. The molecule has 20 heavy (non-hydrogen) atoms. The number of aliphatic hydroxyl groups is 1. The van der Waals surface area contributed by atoms with Gasteiger partial charge in [-0.3, -0.25) is 4.68 Å². The molecule has 5 nitrogen and oxygen atoms in total. The zero-order valence-electron chi connectivity index (χ0n) is 11.8. The third-order valence-corrected chi connectivity index (χ3v) is 4.22. The molecule has 1 atom stereocenters. The van der Waals surface area contributed by atoms with Gasteiger partial charge in [0, 0.05) is 25.2 Å². The molecule has 108 valence electrons. The molecule has 2 aromatic heterocycles. The van der Waals surface area contributed by atoms with E-state index in [4.69, 9.17) is 4.74 Å². The highest BCUT2D eigenvalue weighted by molar-refractivity contribution is 9.10. The van der Waals surface area contributed by atoms with Gasteiger partial charge < -0.3 is 9.84 Å². The predicted octanol–water partition coefficient (Wildman–Crippen LogP) is 2.65. The van der Waals surface area contributed by atoms with Gasteiger partial charge >= 0.3 is 0 Å². The SMILES string of the molecule is CCn1nc(C)c(Br)c1CC(O)c1ccc(OC)nc1. The van der Waals surface area contributed by atoms with Crippen molar-refractivity contribution in [3.63, 3.8) is 0 Å². The molecule has 0 radical (unpaired) electrons. The zero-order chi connectivity index (χ0) is 14.7. The summed E-state index contributed by atoms with van der Waals surface area (Å²) in [5.41, 5.74) is 2.69. The van der Waals surface area contributed by atoms with Crippen molar-refractivity contribution in [1.29, 1.82) is 0 Å². The molecule has 0 bridgehead atoms. The highest BCUT2D eigenvalue weighted by Crippen LogP contribution is 2.26. The summed E-state index contributed by atoms with van der Waals surface area (Å²) in [6.45, 7) is 4.75. The molecule has 6 heteroatoms. The van der Waals surface area contributed by atoms with Gasteiger partial charge in [-0.1, -0.05) is 0 Å². The van der Waals surface area contributed by atoms with E-state index in [1.54, 1.807) is 19.4 Å². The smallest absolute Gasteiger partial charge is 0.212 e. The van der Waals surface area contributed by atoms with Crippen LogP contribution in [-0.4, -0.2) is 27.0 Å². The number of nitrogens with zero attached hydrogens (tertiary/aromatic N) is 3. The summed E-state index contributed by atoms with van der Waals surface area (Å²) in [7, 11) is 1.57. The van der Waals surface area contributed by atoms with Gasteiger partial charge in [-0.15, -0.1) is 0 Å². The normalized spacial score (nSPS) is 12.4. The third-order valence-electron chi connectivity index (χ3n) is 3.19. The van der Waals surface area contributed by atoms with Crippen molar-refractivity contribution in [2.45, 2.75) is 32.9 Å². The number of halogens is 1. The molecule has 0 spiro atoms. The summed E-state index contributed by atoms with van der Waals surface area (Å²) in [6.07, 6.45) is 1.51. The van der Waals surface area contributed by atoms with E-state index in [2.05, 4.69) is 26.0 Å². The quantitative estimate of drug-likeness (QED) is 0.909. The van der Waals surface area contributed by atoms with Crippen molar-refractivity contribution in [2.24, 2.45) is 0 Å². The van der Waals surface area contributed by atoms with Gasteiger partial charge in [0.2, 0.25) is 5.88 Å². The van der Waals surface area contributed by atoms with Crippen LogP contribution in [0.2, 0.25) is 0 Å². The van der Waals surface area contributed by atoms with Crippen LogP contribution in [0.4, 0.5) is 0 Å². The summed E-state index contributed by atoms with van der Waals surface area (Å²) in [5.74, 6) is 0.538. The molecule has 0 saturated carbocycles. The van der Waals surface area contributed by atoms with Gasteiger partial charge in [0.05, 0.1) is 29.1 Å². The minimum Gasteiger partial charge on any atom is -0.481 e. The van der Waals surface area contributed by atoms with E-state index in [-0.39, 0.29) is 0 Å². The topological polar surface area (TPSA) is 60.2 Å². The molecule has 0 aliphatic heterocycles. The van der Waals surface area contributed by atoms with Crippen molar-refractivity contribution in [3.8, 4) is 5.88 Å². The van der Waals surface area contributed by atoms with E-state index >= 15 is 0 Å². The highest BCUT2D eigenvalue weighted by atomic mass is 79.9. The van der Waals surface area contributed by atoms with E-state index in [0.717, 1.165) is 28.0 Å². The van der Waals surface area contributed by atoms with E-state index in [1.165, 1.54) is 0 Å².